The number of nitrogens with zero attached hydrogens (tertiary/aromatic N) is 2. The van der Waals surface area contributed by atoms with Crippen molar-refractivity contribution in [3.05, 3.63) is 35.4 Å². The fourth-order valence-electron chi connectivity index (χ4n) is 2.42. The summed E-state index contributed by atoms with van der Waals surface area (Å²) in [5.41, 5.74) is 6.46. The van der Waals surface area contributed by atoms with Crippen molar-refractivity contribution >= 4 is 21.8 Å². The van der Waals surface area contributed by atoms with E-state index in [2.05, 4.69) is 0 Å². The lowest BCUT2D eigenvalue weighted by atomic mass is 10.1. The fraction of sp³-hybridized carbons (Fsp3) is 0.467. The van der Waals surface area contributed by atoms with Gasteiger partial charge in [-0.1, -0.05) is 12.1 Å². The minimum Gasteiger partial charge on any atom is -0.384 e. The second-order valence-electron chi connectivity index (χ2n) is 5.78. The predicted octanol–water partition coefficient (Wildman–Crippen LogP) is 0.467. The van der Waals surface area contributed by atoms with Crippen molar-refractivity contribution < 1.29 is 13.2 Å². The van der Waals surface area contributed by atoms with Gasteiger partial charge >= 0.3 is 0 Å². The fourth-order valence-corrected chi connectivity index (χ4v) is 3.69. The number of amidine groups is 1. The SMILES string of the molecule is CC(C)S(=O)(=O)N1CCN(C(=O)c2ccc(C(=N)N)cc2)CC1. The van der Waals surface area contributed by atoms with Crippen LogP contribution in [0.25, 0.3) is 0 Å². The molecular weight excluding hydrogens is 316 g/mol. The molecule has 1 aromatic carbocycles. The van der Waals surface area contributed by atoms with E-state index < -0.39 is 15.3 Å². The lowest BCUT2D eigenvalue weighted by Crippen LogP contribution is -2.51. The molecule has 23 heavy (non-hydrogen) atoms. The van der Waals surface area contributed by atoms with E-state index in [1.807, 2.05) is 0 Å². The molecule has 0 saturated carbocycles. The van der Waals surface area contributed by atoms with E-state index in [-0.39, 0.29) is 11.7 Å². The van der Waals surface area contributed by atoms with Gasteiger partial charge in [0.2, 0.25) is 10.0 Å². The number of nitrogen functional groups attached to an aromatic ring is 1. The molecule has 1 heterocycles. The summed E-state index contributed by atoms with van der Waals surface area (Å²) in [6.07, 6.45) is 0. The molecule has 0 atom stereocenters. The van der Waals surface area contributed by atoms with E-state index in [0.717, 1.165) is 0 Å². The van der Waals surface area contributed by atoms with Gasteiger partial charge in [0.25, 0.3) is 5.91 Å². The number of nitrogens with one attached hydrogen (secondary N) is 1. The first kappa shape index (κ1) is 17.4. The zero-order valence-electron chi connectivity index (χ0n) is 13.3. The van der Waals surface area contributed by atoms with Gasteiger partial charge in [0, 0.05) is 37.3 Å². The van der Waals surface area contributed by atoms with Crippen molar-refractivity contribution in [2.45, 2.75) is 19.1 Å². The molecule has 0 unspecified atom stereocenters. The first-order valence-electron chi connectivity index (χ1n) is 7.46. The highest BCUT2D eigenvalue weighted by molar-refractivity contribution is 7.89. The zero-order chi connectivity index (χ0) is 17.2. The average molecular weight is 338 g/mol. The molecule has 0 radical (unpaired) electrons. The molecule has 1 aliphatic heterocycles. The van der Waals surface area contributed by atoms with E-state index in [9.17, 15) is 13.2 Å². The van der Waals surface area contributed by atoms with E-state index in [0.29, 0.717) is 37.3 Å². The van der Waals surface area contributed by atoms with Gasteiger partial charge in [-0.25, -0.2) is 8.42 Å². The third kappa shape index (κ3) is 3.70. The quantitative estimate of drug-likeness (QED) is 0.614. The van der Waals surface area contributed by atoms with Crippen LogP contribution in [-0.2, 0) is 10.0 Å². The molecular formula is C15H22N4O3S. The molecule has 7 nitrogen and oxygen atoms in total. The van der Waals surface area contributed by atoms with E-state index in [4.69, 9.17) is 11.1 Å². The number of benzene rings is 1. The summed E-state index contributed by atoms with van der Waals surface area (Å²) in [6.45, 7) is 4.70. The Morgan fingerprint density at radius 1 is 1.09 bits per heavy atom. The maximum atomic E-state index is 12.4. The van der Waals surface area contributed by atoms with E-state index in [1.165, 1.54) is 4.31 Å². The first-order valence-corrected chi connectivity index (χ1v) is 8.96. The summed E-state index contributed by atoms with van der Waals surface area (Å²) >= 11 is 0. The molecule has 0 aromatic heterocycles. The van der Waals surface area contributed by atoms with Crippen molar-refractivity contribution in [1.29, 1.82) is 5.41 Å². The van der Waals surface area contributed by atoms with E-state index in [1.54, 1.807) is 43.0 Å². The highest BCUT2D eigenvalue weighted by Crippen LogP contribution is 2.15. The Morgan fingerprint density at radius 3 is 2.00 bits per heavy atom. The Bertz CT molecular complexity index is 690. The van der Waals surface area contributed by atoms with Gasteiger partial charge in [-0.2, -0.15) is 4.31 Å². The van der Waals surface area contributed by atoms with Crippen molar-refractivity contribution in [3.8, 4) is 0 Å². The van der Waals surface area contributed by atoms with Crippen LogP contribution in [0, 0.1) is 5.41 Å². The van der Waals surface area contributed by atoms with Crippen LogP contribution in [0.15, 0.2) is 24.3 Å². The van der Waals surface area contributed by atoms with Gasteiger partial charge in [-0.3, -0.25) is 10.2 Å². The number of carbonyl (C=O) groups excluding carboxylic acids is 1. The monoisotopic (exact) mass is 338 g/mol. The number of rotatable bonds is 4. The molecule has 1 saturated heterocycles. The third-order valence-corrected chi connectivity index (χ3v) is 6.20. The first-order chi connectivity index (χ1) is 10.7. The Morgan fingerprint density at radius 2 is 1.57 bits per heavy atom. The normalized spacial score (nSPS) is 16.6. The van der Waals surface area contributed by atoms with Crippen LogP contribution in [0.4, 0.5) is 0 Å². The van der Waals surface area contributed by atoms with Crippen LogP contribution in [-0.4, -0.2) is 60.8 Å². The summed E-state index contributed by atoms with van der Waals surface area (Å²) in [5.74, 6) is -0.182. The van der Waals surface area contributed by atoms with Crippen LogP contribution >= 0.6 is 0 Å². The molecule has 2 rings (SSSR count). The number of sulfonamides is 1. The second kappa shape index (κ2) is 6.67. The lowest BCUT2D eigenvalue weighted by Gasteiger charge is -2.35. The van der Waals surface area contributed by atoms with Crippen LogP contribution in [0.5, 0.6) is 0 Å². The van der Waals surface area contributed by atoms with Crippen LogP contribution in [0.1, 0.15) is 29.8 Å². The minimum atomic E-state index is -3.27. The van der Waals surface area contributed by atoms with Crippen LogP contribution in [0.2, 0.25) is 0 Å². The molecule has 1 aromatic rings. The molecule has 0 spiro atoms. The maximum absolute atomic E-state index is 12.4. The standard InChI is InChI=1S/C15H22N4O3S/c1-11(2)23(21,22)19-9-7-18(8-10-19)15(20)13-5-3-12(4-6-13)14(16)17/h3-6,11H,7-10H2,1-2H3,(H3,16,17). The number of carbonyl (C=O) groups is 1. The number of hydrogen-bond acceptors (Lipinski definition) is 4. The molecule has 0 aliphatic carbocycles. The van der Waals surface area contributed by atoms with Gasteiger partial charge in [0.15, 0.2) is 0 Å². The maximum Gasteiger partial charge on any atom is 0.253 e. The molecule has 126 valence electrons. The average Bonchev–Trinajstić information content (AvgIpc) is 2.54. The summed E-state index contributed by atoms with van der Waals surface area (Å²) in [4.78, 5) is 14.1. The number of piperazine rings is 1. The Kier molecular flexibility index (Phi) is 5.06. The van der Waals surface area contributed by atoms with Gasteiger partial charge in [0.05, 0.1) is 5.25 Å². The second-order valence-corrected chi connectivity index (χ2v) is 8.27. The summed E-state index contributed by atoms with van der Waals surface area (Å²) in [6, 6.07) is 6.54. The topological polar surface area (TPSA) is 108 Å². The number of hydrogen-bond donors (Lipinski definition) is 2. The zero-order valence-corrected chi connectivity index (χ0v) is 14.1. The molecule has 1 fully saturated rings. The summed E-state index contributed by atoms with van der Waals surface area (Å²) in [5, 5.41) is 6.89. The highest BCUT2D eigenvalue weighted by Gasteiger charge is 2.31. The van der Waals surface area contributed by atoms with Crippen molar-refractivity contribution in [1.82, 2.24) is 9.21 Å². The van der Waals surface area contributed by atoms with Gasteiger partial charge in [-0.05, 0) is 26.0 Å². The summed E-state index contributed by atoms with van der Waals surface area (Å²) in [7, 11) is -3.27. The highest BCUT2D eigenvalue weighted by atomic mass is 32.2. The molecule has 1 aliphatic rings. The van der Waals surface area contributed by atoms with Crippen molar-refractivity contribution in [2.24, 2.45) is 5.73 Å². The Labute approximate surface area is 136 Å². The smallest absolute Gasteiger partial charge is 0.253 e. The van der Waals surface area contributed by atoms with Crippen molar-refractivity contribution in [3.63, 3.8) is 0 Å². The molecule has 8 heteroatoms. The molecule has 3 N–H and O–H groups in total. The van der Waals surface area contributed by atoms with Gasteiger partial charge < -0.3 is 10.6 Å². The van der Waals surface area contributed by atoms with Gasteiger partial charge in [0.1, 0.15) is 5.84 Å². The Balaban J connectivity index is 2.02. The van der Waals surface area contributed by atoms with Crippen LogP contribution in [0.3, 0.4) is 0 Å². The number of amides is 1. The van der Waals surface area contributed by atoms with Crippen molar-refractivity contribution in [2.75, 3.05) is 26.2 Å². The minimum absolute atomic E-state index is 0.0449. The van der Waals surface area contributed by atoms with Gasteiger partial charge in [-0.15, -0.1) is 0 Å². The lowest BCUT2D eigenvalue weighted by molar-refractivity contribution is 0.0697. The molecule has 1 amide bonds. The molecule has 0 bridgehead atoms. The predicted molar refractivity (Wildman–Crippen MR) is 89.0 cm³/mol. The van der Waals surface area contributed by atoms with E-state index >= 15 is 0 Å². The largest absolute Gasteiger partial charge is 0.384 e. The van der Waals surface area contributed by atoms with Crippen LogP contribution < -0.4 is 5.73 Å². The number of nitrogens with two attached hydrogens (primary N) is 1. The Hall–Kier alpha value is -1.93. The summed E-state index contributed by atoms with van der Waals surface area (Å²) < 4.78 is 25.7. The third-order valence-electron chi connectivity index (χ3n) is 3.92.